The average Bonchev–Trinajstić information content (AvgIpc) is 2.86. The van der Waals surface area contributed by atoms with Crippen LogP contribution in [0.4, 0.5) is 0 Å². The van der Waals surface area contributed by atoms with E-state index in [9.17, 15) is 4.79 Å². The number of nitrogens with zero attached hydrogens (tertiary/aromatic N) is 4. The van der Waals surface area contributed by atoms with Gasteiger partial charge >= 0.3 is 0 Å². The molecule has 0 amide bonds. The molecule has 1 saturated carbocycles. The molecule has 0 saturated heterocycles. The van der Waals surface area contributed by atoms with Gasteiger partial charge in [-0.25, -0.2) is 9.67 Å². The third-order valence-corrected chi connectivity index (χ3v) is 4.80. The summed E-state index contributed by atoms with van der Waals surface area (Å²) in [6.45, 7) is 6.38. The molecule has 0 aliphatic heterocycles. The zero-order valence-electron chi connectivity index (χ0n) is 14.0. The van der Waals surface area contributed by atoms with Gasteiger partial charge in [0.05, 0.1) is 12.0 Å². The van der Waals surface area contributed by atoms with Crippen molar-refractivity contribution >= 4 is 5.78 Å². The number of hydrogen-bond acceptors (Lipinski definition) is 4. The number of likely N-dealkylation sites (N-methyl/N-ethyl adjacent to an activating group) is 1. The van der Waals surface area contributed by atoms with Gasteiger partial charge in [0.15, 0.2) is 5.78 Å². The molecule has 1 aromatic heterocycles. The summed E-state index contributed by atoms with van der Waals surface area (Å²) < 4.78 is 1.85. The van der Waals surface area contributed by atoms with Crippen molar-refractivity contribution in [2.75, 3.05) is 14.1 Å². The molecule has 118 valence electrons. The summed E-state index contributed by atoms with van der Waals surface area (Å²) in [5, 5.41) is 4.24. The Morgan fingerprint density at radius 2 is 2.24 bits per heavy atom. The van der Waals surface area contributed by atoms with Crippen LogP contribution in [-0.2, 0) is 11.2 Å². The van der Waals surface area contributed by atoms with Crippen molar-refractivity contribution < 1.29 is 4.79 Å². The highest BCUT2D eigenvalue weighted by atomic mass is 16.1. The fourth-order valence-corrected chi connectivity index (χ4v) is 3.57. The molecule has 2 atom stereocenters. The molecule has 1 aliphatic carbocycles. The maximum absolute atomic E-state index is 13.0. The van der Waals surface area contributed by atoms with Gasteiger partial charge in [-0.3, -0.25) is 9.69 Å². The van der Waals surface area contributed by atoms with E-state index >= 15 is 0 Å². The second-order valence-electron chi connectivity index (χ2n) is 6.94. The minimum Gasteiger partial charge on any atom is -0.297 e. The normalized spacial score (nSPS) is 26.5. The van der Waals surface area contributed by atoms with E-state index in [1.807, 2.05) is 18.8 Å². The van der Waals surface area contributed by atoms with Gasteiger partial charge in [-0.15, -0.1) is 0 Å². The SMILES string of the molecule is CC1CCCC(C(=O)Cc2ncnn2C(C)C)(N(C)C)C1. The van der Waals surface area contributed by atoms with Gasteiger partial charge in [0.25, 0.3) is 0 Å². The van der Waals surface area contributed by atoms with E-state index in [2.05, 4.69) is 35.8 Å². The third-order valence-electron chi connectivity index (χ3n) is 4.80. The highest BCUT2D eigenvalue weighted by Gasteiger charge is 2.43. The molecule has 1 aromatic rings. The van der Waals surface area contributed by atoms with E-state index in [-0.39, 0.29) is 17.4 Å². The van der Waals surface area contributed by atoms with E-state index in [1.165, 1.54) is 6.42 Å². The predicted octanol–water partition coefficient (Wildman–Crippen LogP) is 2.48. The van der Waals surface area contributed by atoms with E-state index in [0.29, 0.717) is 12.3 Å². The molecule has 5 nitrogen and oxygen atoms in total. The molecule has 21 heavy (non-hydrogen) atoms. The topological polar surface area (TPSA) is 51.0 Å². The lowest BCUT2D eigenvalue weighted by molar-refractivity contribution is -0.132. The zero-order chi connectivity index (χ0) is 15.6. The van der Waals surface area contributed by atoms with E-state index < -0.39 is 0 Å². The fraction of sp³-hybridized carbons (Fsp3) is 0.812. The van der Waals surface area contributed by atoms with Gasteiger partial charge in [0.1, 0.15) is 12.2 Å². The van der Waals surface area contributed by atoms with Crippen molar-refractivity contribution in [1.82, 2.24) is 19.7 Å². The summed E-state index contributed by atoms with van der Waals surface area (Å²) in [4.78, 5) is 19.4. The first kappa shape index (κ1) is 16.1. The molecule has 5 heteroatoms. The summed E-state index contributed by atoms with van der Waals surface area (Å²) in [6, 6.07) is 0.232. The molecule has 0 aromatic carbocycles. The fourth-order valence-electron chi connectivity index (χ4n) is 3.57. The van der Waals surface area contributed by atoms with Crippen LogP contribution in [0.25, 0.3) is 0 Å². The van der Waals surface area contributed by atoms with Crippen molar-refractivity contribution in [1.29, 1.82) is 0 Å². The van der Waals surface area contributed by atoms with Crippen LogP contribution in [0.15, 0.2) is 6.33 Å². The Morgan fingerprint density at radius 3 is 2.81 bits per heavy atom. The smallest absolute Gasteiger partial charge is 0.160 e. The molecule has 1 fully saturated rings. The van der Waals surface area contributed by atoms with Crippen molar-refractivity contribution in [3.05, 3.63) is 12.2 Å². The molecule has 1 aliphatic rings. The first-order valence-electron chi connectivity index (χ1n) is 7.96. The molecule has 2 unspecified atom stereocenters. The lowest BCUT2D eigenvalue weighted by Gasteiger charge is -2.43. The van der Waals surface area contributed by atoms with Crippen LogP contribution in [0.2, 0.25) is 0 Å². The third kappa shape index (κ3) is 3.18. The molecule has 0 bridgehead atoms. The van der Waals surface area contributed by atoms with Gasteiger partial charge in [-0.05, 0) is 46.7 Å². The number of rotatable bonds is 5. The van der Waals surface area contributed by atoms with Crippen LogP contribution in [0.3, 0.4) is 0 Å². The molecule has 1 heterocycles. The van der Waals surface area contributed by atoms with Gasteiger partial charge in [0.2, 0.25) is 0 Å². The highest BCUT2D eigenvalue weighted by molar-refractivity contribution is 5.89. The van der Waals surface area contributed by atoms with E-state index in [0.717, 1.165) is 25.1 Å². The molecule has 0 N–H and O–H groups in total. The number of aromatic nitrogens is 3. The predicted molar refractivity (Wildman–Crippen MR) is 83.2 cm³/mol. The van der Waals surface area contributed by atoms with Crippen molar-refractivity contribution in [3.63, 3.8) is 0 Å². The molecular weight excluding hydrogens is 264 g/mol. The molecule has 0 spiro atoms. The minimum atomic E-state index is -0.328. The Balaban J connectivity index is 2.21. The summed E-state index contributed by atoms with van der Waals surface area (Å²) in [7, 11) is 4.06. The van der Waals surface area contributed by atoms with E-state index in [1.54, 1.807) is 6.33 Å². The zero-order valence-corrected chi connectivity index (χ0v) is 14.0. The highest BCUT2D eigenvalue weighted by Crippen LogP contribution is 2.37. The van der Waals surface area contributed by atoms with Crippen molar-refractivity contribution in [2.24, 2.45) is 5.92 Å². The van der Waals surface area contributed by atoms with Crippen molar-refractivity contribution in [2.45, 2.75) is 64.5 Å². The number of hydrogen-bond donors (Lipinski definition) is 0. The molecule has 0 radical (unpaired) electrons. The second-order valence-corrected chi connectivity index (χ2v) is 6.94. The van der Waals surface area contributed by atoms with Gasteiger partial charge in [-0.1, -0.05) is 19.8 Å². The van der Waals surface area contributed by atoms with Crippen LogP contribution in [-0.4, -0.2) is 45.1 Å². The minimum absolute atomic E-state index is 0.232. The average molecular weight is 292 g/mol. The number of carbonyl (C=O) groups is 1. The van der Waals surface area contributed by atoms with E-state index in [4.69, 9.17) is 0 Å². The lowest BCUT2D eigenvalue weighted by atomic mass is 9.72. The van der Waals surface area contributed by atoms with Crippen LogP contribution in [0.1, 0.15) is 58.3 Å². The quantitative estimate of drug-likeness (QED) is 0.836. The van der Waals surface area contributed by atoms with Crippen LogP contribution in [0.5, 0.6) is 0 Å². The van der Waals surface area contributed by atoms with Crippen LogP contribution < -0.4 is 0 Å². The maximum Gasteiger partial charge on any atom is 0.160 e. The number of carbonyl (C=O) groups excluding carboxylic acids is 1. The Bertz CT molecular complexity index is 494. The Kier molecular flexibility index (Phi) is 4.81. The van der Waals surface area contributed by atoms with Crippen LogP contribution >= 0.6 is 0 Å². The Labute approximate surface area is 127 Å². The standard InChI is InChI=1S/C16H28N4O/c1-12(2)20-15(17-11-18-20)9-14(21)16(19(4)5)8-6-7-13(3)10-16/h11-13H,6-10H2,1-5H3. The Hall–Kier alpha value is -1.23. The number of Topliss-reactive ketones (excluding diaryl/α,β-unsaturated/α-hetero) is 1. The summed E-state index contributed by atoms with van der Waals surface area (Å²) in [6.07, 6.45) is 6.19. The lowest BCUT2D eigenvalue weighted by Crippen LogP contribution is -2.54. The monoisotopic (exact) mass is 292 g/mol. The summed E-state index contributed by atoms with van der Waals surface area (Å²) >= 11 is 0. The first-order chi connectivity index (χ1) is 9.86. The molecular formula is C16H28N4O. The number of ketones is 1. The largest absolute Gasteiger partial charge is 0.297 e. The van der Waals surface area contributed by atoms with Gasteiger partial charge in [0, 0.05) is 6.04 Å². The van der Waals surface area contributed by atoms with Gasteiger partial charge < -0.3 is 0 Å². The maximum atomic E-state index is 13.0. The second kappa shape index (κ2) is 6.26. The first-order valence-corrected chi connectivity index (χ1v) is 7.96. The summed E-state index contributed by atoms with van der Waals surface area (Å²) in [5.74, 6) is 1.68. The van der Waals surface area contributed by atoms with Crippen LogP contribution in [0, 0.1) is 5.92 Å². The summed E-state index contributed by atoms with van der Waals surface area (Å²) in [5.41, 5.74) is -0.328. The van der Waals surface area contributed by atoms with Crippen molar-refractivity contribution in [3.8, 4) is 0 Å². The van der Waals surface area contributed by atoms with Gasteiger partial charge in [-0.2, -0.15) is 5.10 Å². The molecule has 2 rings (SSSR count). The Morgan fingerprint density at radius 1 is 1.52 bits per heavy atom.